The molecule has 0 aromatic carbocycles. The summed E-state index contributed by atoms with van der Waals surface area (Å²) < 4.78 is 33.3. The van der Waals surface area contributed by atoms with Crippen LogP contribution in [0.3, 0.4) is 0 Å². The van der Waals surface area contributed by atoms with Crippen LogP contribution in [0.5, 0.6) is 0 Å². The van der Waals surface area contributed by atoms with Crippen molar-refractivity contribution >= 4 is 10.0 Å². The second-order valence-corrected chi connectivity index (χ2v) is 6.71. The van der Waals surface area contributed by atoms with E-state index in [0.29, 0.717) is 6.54 Å². The van der Waals surface area contributed by atoms with Crippen molar-refractivity contribution in [2.75, 3.05) is 26.7 Å². The Morgan fingerprint density at radius 1 is 1.43 bits per heavy atom. The second kappa shape index (κ2) is 9.14. The van der Waals surface area contributed by atoms with Gasteiger partial charge in [0.2, 0.25) is 10.0 Å². The number of ether oxygens (including phenoxy) is 1. The lowest BCUT2D eigenvalue weighted by molar-refractivity contribution is 0.122. The number of rotatable bonds is 11. The van der Waals surface area contributed by atoms with Gasteiger partial charge < -0.3 is 10.1 Å². The maximum absolute atomic E-state index is 12.0. The summed E-state index contributed by atoms with van der Waals surface area (Å²) in [6, 6.07) is 0. The van der Waals surface area contributed by atoms with Crippen LogP contribution in [0.4, 0.5) is 0 Å². The van der Waals surface area contributed by atoms with E-state index in [1.807, 2.05) is 0 Å². The van der Waals surface area contributed by atoms with E-state index >= 15 is 0 Å². The molecule has 1 unspecified atom stereocenters. The molecule has 0 saturated heterocycles. The molecule has 0 aliphatic heterocycles. The van der Waals surface area contributed by atoms with Crippen LogP contribution in [-0.2, 0) is 21.3 Å². The smallest absolute Gasteiger partial charge is 0.243 e. The molecule has 0 aliphatic rings. The predicted octanol–water partition coefficient (Wildman–Crippen LogP) is 0.586. The Labute approximate surface area is 127 Å². The Kier molecular flexibility index (Phi) is 7.87. The molecule has 0 bridgehead atoms. The minimum Gasteiger partial charge on any atom is -0.380 e. The molecule has 21 heavy (non-hydrogen) atoms. The number of methoxy groups -OCH3 is 1. The summed E-state index contributed by atoms with van der Waals surface area (Å²) in [5, 5.41) is 7.38. The average Bonchev–Trinajstić information content (AvgIpc) is 2.94. The van der Waals surface area contributed by atoms with Gasteiger partial charge in [-0.15, -0.1) is 0 Å². The number of hydrogen-bond acceptors (Lipinski definition) is 5. The summed E-state index contributed by atoms with van der Waals surface area (Å²) in [6.45, 7) is 6.76. The molecule has 1 aromatic rings. The topological polar surface area (TPSA) is 85.2 Å². The minimum atomic E-state index is -3.51. The summed E-state index contributed by atoms with van der Waals surface area (Å²) in [4.78, 5) is 0.187. The highest BCUT2D eigenvalue weighted by molar-refractivity contribution is 7.89. The van der Waals surface area contributed by atoms with Gasteiger partial charge in [0.1, 0.15) is 4.90 Å². The highest BCUT2D eigenvalue weighted by Crippen LogP contribution is 2.07. The molecule has 1 heterocycles. The Bertz CT molecular complexity index is 501. The fourth-order valence-electron chi connectivity index (χ4n) is 1.67. The van der Waals surface area contributed by atoms with Crippen LogP contribution in [0, 0.1) is 0 Å². The molecule has 122 valence electrons. The van der Waals surface area contributed by atoms with Gasteiger partial charge in [-0.25, -0.2) is 13.1 Å². The van der Waals surface area contributed by atoms with Crippen LogP contribution in [0.25, 0.3) is 0 Å². The first-order valence-corrected chi connectivity index (χ1v) is 8.73. The number of aryl methyl sites for hydroxylation is 1. The van der Waals surface area contributed by atoms with Crippen molar-refractivity contribution in [2.45, 2.75) is 44.2 Å². The SMILES string of the molecule is CCCNCCCn1cc(S(=O)(=O)NCC(C)OC)cn1. The van der Waals surface area contributed by atoms with Crippen molar-refractivity contribution in [3.8, 4) is 0 Å². The second-order valence-electron chi connectivity index (χ2n) is 4.94. The predicted molar refractivity (Wildman–Crippen MR) is 81.7 cm³/mol. The van der Waals surface area contributed by atoms with Crippen molar-refractivity contribution in [3.63, 3.8) is 0 Å². The quantitative estimate of drug-likeness (QED) is 0.583. The fraction of sp³-hybridized carbons (Fsp3) is 0.769. The number of nitrogens with zero attached hydrogens (tertiary/aromatic N) is 2. The van der Waals surface area contributed by atoms with Gasteiger partial charge in [0.25, 0.3) is 0 Å². The maximum atomic E-state index is 12.0. The molecule has 0 aliphatic carbocycles. The van der Waals surface area contributed by atoms with Crippen LogP contribution in [-0.4, -0.2) is 51.0 Å². The van der Waals surface area contributed by atoms with E-state index in [2.05, 4.69) is 22.1 Å². The average molecular weight is 318 g/mol. The number of sulfonamides is 1. The van der Waals surface area contributed by atoms with Gasteiger partial charge in [0, 0.05) is 26.4 Å². The molecule has 8 heteroatoms. The molecule has 0 spiro atoms. The summed E-state index contributed by atoms with van der Waals surface area (Å²) in [5.74, 6) is 0. The third-order valence-electron chi connectivity index (χ3n) is 3.05. The molecule has 1 aromatic heterocycles. The van der Waals surface area contributed by atoms with Gasteiger partial charge >= 0.3 is 0 Å². The van der Waals surface area contributed by atoms with Gasteiger partial charge in [0.05, 0.1) is 12.3 Å². The molecular formula is C13H26N4O3S. The molecular weight excluding hydrogens is 292 g/mol. The molecule has 1 rings (SSSR count). The van der Waals surface area contributed by atoms with Crippen molar-refractivity contribution in [3.05, 3.63) is 12.4 Å². The van der Waals surface area contributed by atoms with Crippen molar-refractivity contribution in [1.82, 2.24) is 19.8 Å². The zero-order valence-corrected chi connectivity index (χ0v) is 13.8. The largest absolute Gasteiger partial charge is 0.380 e. The fourth-order valence-corrected chi connectivity index (χ4v) is 2.73. The first kappa shape index (κ1) is 18.1. The van der Waals surface area contributed by atoms with Gasteiger partial charge in [-0.05, 0) is 32.9 Å². The third kappa shape index (κ3) is 6.56. The first-order chi connectivity index (χ1) is 9.99. The number of aromatic nitrogens is 2. The van der Waals surface area contributed by atoms with E-state index in [0.717, 1.165) is 25.9 Å². The van der Waals surface area contributed by atoms with Crippen molar-refractivity contribution in [2.24, 2.45) is 0 Å². The van der Waals surface area contributed by atoms with Crippen molar-refractivity contribution in [1.29, 1.82) is 0 Å². The van der Waals surface area contributed by atoms with E-state index in [4.69, 9.17) is 4.74 Å². The van der Waals surface area contributed by atoms with E-state index in [-0.39, 0.29) is 17.5 Å². The van der Waals surface area contributed by atoms with E-state index < -0.39 is 10.0 Å². The van der Waals surface area contributed by atoms with Gasteiger partial charge in [-0.1, -0.05) is 6.92 Å². The Morgan fingerprint density at radius 3 is 2.86 bits per heavy atom. The highest BCUT2D eigenvalue weighted by Gasteiger charge is 2.17. The number of nitrogens with one attached hydrogen (secondary N) is 2. The van der Waals surface area contributed by atoms with Gasteiger partial charge in [-0.2, -0.15) is 5.10 Å². The van der Waals surface area contributed by atoms with Crippen molar-refractivity contribution < 1.29 is 13.2 Å². The number of hydrogen-bond donors (Lipinski definition) is 2. The normalized spacial score (nSPS) is 13.5. The summed E-state index contributed by atoms with van der Waals surface area (Å²) in [5.41, 5.74) is 0. The monoisotopic (exact) mass is 318 g/mol. The Morgan fingerprint density at radius 2 is 2.19 bits per heavy atom. The summed E-state index contributed by atoms with van der Waals surface area (Å²) >= 11 is 0. The molecule has 0 saturated carbocycles. The van der Waals surface area contributed by atoms with Crippen LogP contribution in [0.2, 0.25) is 0 Å². The minimum absolute atomic E-state index is 0.167. The van der Waals surface area contributed by atoms with Crippen LogP contribution in [0.1, 0.15) is 26.7 Å². The van der Waals surface area contributed by atoms with Gasteiger partial charge in [-0.3, -0.25) is 4.68 Å². The molecule has 7 nitrogen and oxygen atoms in total. The van der Waals surface area contributed by atoms with E-state index in [1.165, 1.54) is 6.20 Å². The molecule has 0 radical (unpaired) electrons. The van der Waals surface area contributed by atoms with E-state index in [1.54, 1.807) is 24.9 Å². The highest BCUT2D eigenvalue weighted by atomic mass is 32.2. The molecule has 0 fully saturated rings. The standard InChI is InChI=1S/C13H26N4O3S/c1-4-6-14-7-5-8-17-11-13(10-15-17)21(18,19)16-9-12(2)20-3/h10-12,14,16H,4-9H2,1-3H3. The Hall–Kier alpha value is -0.960. The van der Waals surface area contributed by atoms with Gasteiger partial charge in [0.15, 0.2) is 0 Å². The maximum Gasteiger partial charge on any atom is 0.243 e. The lowest BCUT2D eigenvalue weighted by atomic mass is 10.4. The zero-order chi connectivity index (χ0) is 15.7. The molecule has 1 atom stereocenters. The van der Waals surface area contributed by atoms with Crippen LogP contribution in [0.15, 0.2) is 17.3 Å². The third-order valence-corrected chi connectivity index (χ3v) is 4.43. The Balaban J connectivity index is 2.45. The zero-order valence-electron chi connectivity index (χ0n) is 13.0. The van der Waals surface area contributed by atoms with E-state index in [9.17, 15) is 8.42 Å². The van der Waals surface area contributed by atoms with Crippen LogP contribution < -0.4 is 10.0 Å². The molecule has 2 N–H and O–H groups in total. The summed E-state index contributed by atoms with van der Waals surface area (Å²) in [7, 11) is -1.97. The lowest BCUT2D eigenvalue weighted by Gasteiger charge is -2.10. The first-order valence-electron chi connectivity index (χ1n) is 7.25. The summed E-state index contributed by atoms with van der Waals surface area (Å²) in [6.07, 6.45) is 4.78. The van der Waals surface area contributed by atoms with Crippen LogP contribution >= 0.6 is 0 Å². The lowest BCUT2D eigenvalue weighted by Crippen LogP contribution is -2.31. The molecule has 0 amide bonds.